The minimum absolute atomic E-state index is 0.216. The Morgan fingerprint density at radius 2 is 0.926 bits per heavy atom. The molecule has 1 saturated carbocycles. The monoisotopic (exact) mass is 702 g/mol. The third kappa shape index (κ3) is 6.34. The van der Waals surface area contributed by atoms with Crippen LogP contribution in [0.25, 0.3) is 21.9 Å². The zero-order valence-electron chi connectivity index (χ0n) is 31.2. The molecule has 1 heterocycles. The van der Waals surface area contributed by atoms with Gasteiger partial charge in [-0.15, -0.1) is 0 Å². The summed E-state index contributed by atoms with van der Waals surface area (Å²) in [6.45, 7) is 4.64. The molecule has 1 aliphatic carbocycles. The fraction of sp³-hybridized carbons (Fsp3) is 0.176. The molecule has 1 aliphatic rings. The molecule has 3 nitrogen and oxygen atoms in total. The molecule has 3 heteroatoms. The third-order valence-corrected chi connectivity index (χ3v) is 11.6. The number of hydrogen-bond donors (Lipinski definition) is 0. The van der Waals surface area contributed by atoms with Crippen LogP contribution in [0.4, 0.5) is 34.1 Å². The predicted molar refractivity (Wildman–Crippen MR) is 227 cm³/mol. The molecule has 7 aromatic carbocycles. The number of nitrogens with zero attached hydrogens (tertiary/aromatic N) is 2. The van der Waals surface area contributed by atoms with Gasteiger partial charge in [0.15, 0.2) is 5.58 Å². The van der Waals surface area contributed by atoms with E-state index in [0.717, 1.165) is 50.4 Å². The molecule has 1 fully saturated rings. The van der Waals surface area contributed by atoms with E-state index in [-0.39, 0.29) is 5.41 Å². The van der Waals surface area contributed by atoms with Crippen molar-refractivity contribution in [2.24, 2.45) is 0 Å². The number of para-hydroxylation sites is 4. The second-order valence-corrected chi connectivity index (χ2v) is 15.2. The Balaban J connectivity index is 1.03. The molecular formula is C51H46N2O. The predicted octanol–water partition coefficient (Wildman–Crippen LogP) is 14.9. The lowest BCUT2D eigenvalue weighted by molar-refractivity contribution is 0.443. The molecule has 0 bridgehead atoms. The van der Waals surface area contributed by atoms with Gasteiger partial charge in [-0.1, -0.05) is 136 Å². The zero-order valence-corrected chi connectivity index (χ0v) is 31.2. The molecule has 1 aromatic heterocycles. The Bertz CT molecular complexity index is 2480. The number of hydrogen-bond acceptors (Lipinski definition) is 3. The van der Waals surface area contributed by atoms with Crippen molar-refractivity contribution in [3.63, 3.8) is 0 Å². The number of benzene rings is 7. The van der Waals surface area contributed by atoms with Crippen molar-refractivity contribution in [2.45, 2.75) is 57.3 Å². The number of anilines is 6. The van der Waals surface area contributed by atoms with Gasteiger partial charge in [0.2, 0.25) is 0 Å². The van der Waals surface area contributed by atoms with Crippen LogP contribution in [0, 0.1) is 0 Å². The molecule has 0 atom stereocenters. The van der Waals surface area contributed by atoms with Gasteiger partial charge in [0.1, 0.15) is 5.58 Å². The standard InChI is InChI=1S/C51H46N2O/c1-51(2,39-27-33-44(34-28-39)52(41-17-8-4-9-18-41)43-31-25-38(26-32-43)37-15-6-3-7-16-37)40-29-35-45(36-30-40)53(42-19-10-5-11-20-42)48-23-14-22-47-46-21-12-13-24-49(46)54-50(47)48/h4-5,8-14,17-37H,3,6-7,15-16H2,1-2H3. The first-order chi connectivity index (χ1) is 26.5. The van der Waals surface area contributed by atoms with Crippen LogP contribution < -0.4 is 9.80 Å². The van der Waals surface area contributed by atoms with Crippen molar-refractivity contribution in [1.29, 1.82) is 0 Å². The van der Waals surface area contributed by atoms with Gasteiger partial charge in [-0.25, -0.2) is 0 Å². The maximum Gasteiger partial charge on any atom is 0.159 e. The van der Waals surface area contributed by atoms with Crippen LogP contribution in [-0.4, -0.2) is 0 Å². The van der Waals surface area contributed by atoms with Gasteiger partial charge in [-0.2, -0.15) is 0 Å². The Morgan fingerprint density at radius 3 is 1.54 bits per heavy atom. The molecule has 9 rings (SSSR count). The van der Waals surface area contributed by atoms with Crippen molar-refractivity contribution in [2.75, 3.05) is 9.80 Å². The first-order valence-electron chi connectivity index (χ1n) is 19.5. The van der Waals surface area contributed by atoms with E-state index in [9.17, 15) is 0 Å². The molecule has 0 radical (unpaired) electrons. The van der Waals surface area contributed by atoms with E-state index in [1.165, 1.54) is 54.5 Å². The molecule has 0 unspecified atom stereocenters. The Hall–Kier alpha value is -6.06. The second-order valence-electron chi connectivity index (χ2n) is 15.2. The molecule has 54 heavy (non-hydrogen) atoms. The second kappa shape index (κ2) is 14.4. The zero-order chi connectivity index (χ0) is 36.5. The van der Waals surface area contributed by atoms with E-state index >= 15 is 0 Å². The van der Waals surface area contributed by atoms with Crippen molar-refractivity contribution < 1.29 is 4.42 Å². The summed E-state index contributed by atoms with van der Waals surface area (Å²) >= 11 is 0. The van der Waals surface area contributed by atoms with E-state index in [0.29, 0.717) is 5.92 Å². The van der Waals surface area contributed by atoms with Gasteiger partial charge in [0, 0.05) is 44.6 Å². The van der Waals surface area contributed by atoms with Crippen LogP contribution in [0.5, 0.6) is 0 Å². The average molecular weight is 703 g/mol. The van der Waals surface area contributed by atoms with Gasteiger partial charge >= 0.3 is 0 Å². The summed E-state index contributed by atoms with van der Waals surface area (Å²) in [5.41, 5.74) is 12.3. The highest BCUT2D eigenvalue weighted by atomic mass is 16.3. The van der Waals surface area contributed by atoms with Crippen molar-refractivity contribution in [3.8, 4) is 0 Å². The SMILES string of the molecule is CC(C)(c1ccc(N(c2ccccc2)c2ccc(C3CCCCC3)cc2)cc1)c1ccc(N(c2ccccc2)c2cccc3c2oc2ccccc23)cc1. The maximum absolute atomic E-state index is 6.51. The van der Waals surface area contributed by atoms with Crippen LogP contribution in [0.3, 0.4) is 0 Å². The summed E-state index contributed by atoms with van der Waals surface area (Å²) in [7, 11) is 0. The summed E-state index contributed by atoms with van der Waals surface area (Å²) in [5.74, 6) is 0.695. The van der Waals surface area contributed by atoms with Crippen LogP contribution >= 0.6 is 0 Å². The van der Waals surface area contributed by atoms with Crippen molar-refractivity contribution in [1.82, 2.24) is 0 Å². The van der Waals surface area contributed by atoms with Gasteiger partial charge in [-0.05, 0) is 108 Å². The first-order valence-corrected chi connectivity index (χ1v) is 19.5. The molecule has 266 valence electrons. The van der Waals surface area contributed by atoms with Gasteiger partial charge in [-0.3, -0.25) is 0 Å². The average Bonchev–Trinajstić information content (AvgIpc) is 3.63. The lowest BCUT2D eigenvalue weighted by atomic mass is 9.78. The van der Waals surface area contributed by atoms with Crippen LogP contribution in [0.15, 0.2) is 180 Å². The summed E-state index contributed by atoms with van der Waals surface area (Å²) in [6, 6.07) is 63.5. The Labute approximate surface area is 319 Å². The lowest BCUT2D eigenvalue weighted by Crippen LogP contribution is -2.19. The quantitative estimate of drug-likeness (QED) is 0.149. The molecule has 0 N–H and O–H groups in total. The largest absolute Gasteiger partial charge is 0.454 e. The lowest BCUT2D eigenvalue weighted by Gasteiger charge is -2.30. The molecule has 0 saturated heterocycles. The Kier molecular flexibility index (Phi) is 9.00. The summed E-state index contributed by atoms with van der Waals surface area (Å²) in [4.78, 5) is 4.67. The van der Waals surface area contributed by atoms with Crippen LogP contribution in [0.1, 0.15) is 68.6 Å². The summed E-state index contributed by atoms with van der Waals surface area (Å²) < 4.78 is 6.51. The van der Waals surface area contributed by atoms with Gasteiger partial charge < -0.3 is 14.2 Å². The minimum atomic E-state index is -0.216. The smallest absolute Gasteiger partial charge is 0.159 e. The number of furan rings is 1. The van der Waals surface area contributed by atoms with Crippen LogP contribution in [0.2, 0.25) is 0 Å². The van der Waals surface area contributed by atoms with Gasteiger partial charge in [0.25, 0.3) is 0 Å². The fourth-order valence-corrected chi connectivity index (χ4v) is 8.49. The highest BCUT2D eigenvalue weighted by Gasteiger charge is 2.26. The van der Waals surface area contributed by atoms with E-state index in [1.807, 2.05) is 12.1 Å². The van der Waals surface area contributed by atoms with E-state index in [2.05, 4.69) is 187 Å². The molecule has 0 amide bonds. The molecule has 0 aliphatic heterocycles. The Morgan fingerprint density at radius 1 is 0.444 bits per heavy atom. The van der Waals surface area contributed by atoms with Crippen molar-refractivity contribution >= 4 is 56.1 Å². The molecular weight excluding hydrogens is 657 g/mol. The fourth-order valence-electron chi connectivity index (χ4n) is 8.49. The van der Waals surface area contributed by atoms with E-state index in [1.54, 1.807) is 0 Å². The highest BCUT2D eigenvalue weighted by molar-refractivity contribution is 6.10. The normalized spacial score (nSPS) is 13.7. The van der Waals surface area contributed by atoms with Crippen molar-refractivity contribution in [3.05, 3.63) is 193 Å². The topological polar surface area (TPSA) is 19.6 Å². The van der Waals surface area contributed by atoms with E-state index < -0.39 is 0 Å². The first kappa shape index (κ1) is 33.8. The molecule has 0 spiro atoms. The number of fused-ring (bicyclic) bond motifs is 3. The molecule has 8 aromatic rings. The summed E-state index contributed by atoms with van der Waals surface area (Å²) in [6.07, 6.45) is 6.70. The maximum atomic E-state index is 6.51. The summed E-state index contributed by atoms with van der Waals surface area (Å²) in [5, 5.41) is 2.25. The third-order valence-electron chi connectivity index (χ3n) is 11.6. The van der Waals surface area contributed by atoms with E-state index in [4.69, 9.17) is 4.42 Å². The van der Waals surface area contributed by atoms with Crippen LogP contribution in [-0.2, 0) is 5.41 Å². The van der Waals surface area contributed by atoms with Gasteiger partial charge in [0.05, 0.1) is 5.69 Å². The highest BCUT2D eigenvalue weighted by Crippen LogP contribution is 2.44. The minimum Gasteiger partial charge on any atom is -0.454 e. The number of rotatable bonds is 9.